The molecule has 5 rings (SSSR count). The van der Waals surface area contributed by atoms with E-state index in [1.165, 1.54) is 10.4 Å². The third kappa shape index (κ3) is 5.12. The average molecular weight is 513 g/mol. The van der Waals surface area contributed by atoms with Gasteiger partial charge in [0.25, 0.3) is 5.56 Å². The van der Waals surface area contributed by atoms with E-state index in [0.717, 1.165) is 53.3 Å². The Bertz CT molecular complexity index is 1300. The molecular weight excluding hydrogens is 480 g/mol. The number of nitrogens with one attached hydrogen (secondary N) is 1. The summed E-state index contributed by atoms with van der Waals surface area (Å²) in [7, 11) is 0. The minimum atomic E-state index is -0.0562. The molecular formula is C27H33ClN4O2S. The van der Waals surface area contributed by atoms with Gasteiger partial charge in [-0.05, 0) is 54.4 Å². The minimum absolute atomic E-state index is 0.0562. The van der Waals surface area contributed by atoms with Crippen LogP contribution in [0.15, 0.2) is 29.1 Å². The van der Waals surface area contributed by atoms with E-state index >= 15 is 0 Å². The van der Waals surface area contributed by atoms with Crippen molar-refractivity contribution in [3.8, 4) is 0 Å². The van der Waals surface area contributed by atoms with E-state index in [1.54, 1.807) is 11.3 Å². The first kappa shape index (κ1) is 24.3. The number of aromatic amines is 1. The molecule has 1 atom stereocenters. The van der Waals surface area contributed by atoms with E-state index in [4.69, 9.17) is 16.6 Å². The average Bonchev–Trinajstić information content (AvgIpc) is 3.20. The maximum atomic E-state index is 13.0. The lowest BCUT2D eigenvalue weighted by molar-refractivity contribution is -0.131. The first-order valence-electron chi connectivity index (χ1n) is 12.5. The van der Waals surface area contributed by atoms with Crippen molar-refractivity contribution in [2.24, 2.45) is 11.3 Å². The second-order valence-corrected chi connectivity index (χ2v) is 12.4. The highest BCUT2D eigenvalue weighted by atomic mass is 35.5. The summed E-state index contributed by atoms with van der Waals surface area (Å²) in [6.07, 6.45) is 3.88. The van der Waals surface area contributed by atoms with E-state index in [-0.39, 0.29) is 16.9 Å². The van der Waals surface area contributed by atoms with Crippen LogP contribution in [-0.4, -0.2) is 47.0 Å². The number of halogens is 1. The summed E-state index contributed by atoms with van der Waals surface area (Å²) in [6.45, 7) is 9.82. The fourth-order valence-corrected chi connectivity index (χ4v) is 6.86. The molecule has 0 bridgehead atoms. The monoisotopic (exact) mass is 512 g/mol. The van der Waals surface area contributed by atoms with Crippen LogP contribution < -0.4 is 10.5 Å². The van der Waals surface area contributed by atoms with E-state index < -0.39 is 0 Å². The van der Waals surface area contributed by atoms with Crippen LogP contribution in [0.1, 0.15) is 49.9 Å². The number of piperazine rings is 1. The van der Waals surface area contributed by atoms with Crippen molar-refractivity contribution in [3.63, 3.8) is 0 Å². The van der Waals surface area contributed by atoms with Gasteiger partial charge in [0.2, 0.25) is 5.91 Å². The van der Waals surface area contributed by atoms with Crippen LogP contribution in [0.25, 0.3) is 10.2 Å². The summed E-state index contributed by atoms with van der Waals surface area (Å²) in [5.41, 5.74) is 2.49. The predicted octanol–water partition coefficient (Wildman–Crippen LogP) is 5.07. The summed E-state index contributed by atoms with van der Waals surface area (Å²) in [5.74, 6) is 1.34. The zero-order valence-corrected chi connectivity index (χ0v) is 22.3. The first-order chi connectivity index (χ1) is 16.7. The molecule has 35 heavy (non-hydrogen) atoms. The molecule has 1 aromatic carbocycles. The summed E-state index contributed by atoms with van der Waals surface area (Å²) in [4.78, 5) is 39.9. The van der Waals surface area contributed by atoms with Crippen molar-refractivity contribution in [1.29, 1.82) is 0 Å². The number of thiophene rings is 1. The van der Waals surface area contributed by atoms with Gasteiger partial charge in [-0.15, -0.1) is 11.3 Å². The van der Waals surface area contributed by atoms with Gasteiger partial charge in [-0.25, -0.2) is 4.98 Å². The summed E-state index contributed by atoms with van der Waals surface area (Å²) < 4.78 is 0. The highest BCUT2D eigenvalue weighted by Gasteiger charge is 2.31. The fraction of sp³-hybridized carbons (Fsp3) is 0.519. The zero-order chi connectivity index (χ0) is 24.7. The number of fused-ring (bicyclic) bond motifs is 3. The third-order valence-electron chi connectivity index (χ3n) is 7.57. The Morgan fingerprint density at radius 3 is 2.71 bits per heavy atom. The molecule has 2 aliphatic rings. The van der Waals surface area contributed by atoms with E-state index in [2.05, 4.69) is 30.7 Å². The van der Waals surface area contributed by atoms with Gasteiger partial charge in [-0.3, -0.25) is 9.59 Å². The standard InChI is InChI=1S/C27H33ClN4O2S/c1-27(2,3)17-7-8-20-21(15-17)35-26-24(20)25(34)29-22(30-26)9-10-23(33)32-13-11-31(12-14-32)19-6-4-5-18(28)16-19/h4-6,16-17H,7-15H2,1-3H3,(H,29,30,34). The Kier molecular flexibility index (Phi) is 6.66. The molecule has 1 unspecified atom stereocenters. The predicted molar refractivity (Wildman–Crippen MR) is 144 cm³/mol. The van der Waals surface area contributed by atoms with Gasteiger partial charge in [0.15, 0.2) is 0 Å². The van der Waals surface area contributed by atoms with Crippen LogP contribution in [0.2, 0.25) is 5.02 Å². The molecule has 1 fully saturated rings. The van der Waals surface area contributed by atoms with E-state index in [9.17, 15) is 9.59 Å². The summed E-state index contributed by atoms with van der Waals surface area (Å²) in [5, 5.41) is 1.49. The first-order valence-corrected chi connectivity index (χ1v) is 13.7. The van der Waals surface area contributed by atoms with Crippen molar-refractivity contribution in [2.75, 3.05) is 31.1 Å². The molecule has 1 amide bonds. The molecule has 1 aliphatic heterocycles. The molecule has 3 heterocycles. The van der Waals surface area contributed by atoms with Gasteiger partial charge in [-0.1, -0.05) is 38.4 Å². The largest absolute Gasteiger partial charge is 0.368 e. The smallest absolute Gasteiger partial charge is 0.259 e. The molecule has 2 aromatic heterocycles. The van der Waals surface area contributed by atoms with Gasteiger partial charge in [-0.2, -0.15) is 0 Å². The molecule has 1 aliphatic carbocycles. The lowest BCUT2D eigenvalue weighted by Gasteiger charge is -2.36. The Morgan fingerprint density at radius 2 is 2.00 bits per heavy atom. The molecule has 1 N–H and O–H groups in total. The van der Waals surface area contributed by atoms with Crippen LogP contribution in [0, 0.1) is 11.3 Å². The minimum Gasteiger partial charge on any atom is -0.368 e. The second kappa shape index (κ2) is 9.58. The maximum absolute atomic E-state index is 13.0. The van der Waals surface area contributed by atoms with Gasteiger partial charge in [0.1, 0.15) is 10.7 Å². The summed E-state index contributed by atoms with van der Waals surface area (Å²) >= 11 is 7.79. The number of carbonyl (C=O) groups is 1. The fourth-order valence-electron chi connectivity index (χ4n) is 5.36. The molecule has 0 spiro atoms. The number of hydrogen-bond donors (Lipinski definition) is 1. The third-order valence-corrected chi connectivity index (χ3v) is 8.96. The number of aromatic nitrogens is 2. The Hall–Kier alpha value is -2.38. The van der Waals surface area contributed by atoms with Gasteiger partial charge in [0, 0.05) is 54.6 Å². The molecule has 0 saturated carbocycles. The highest BCUT2D eigenvalue weighted by Crippen LogP contribution is 2.42. The van der Waals surface area contributed by atoms with Crippen molar-refractivity contribution < 1.29 is 4.79 Å². The normalized spacial score (nSPS) is 18.7. The SMILES string of the molecule is CC(C)(C)C1CCc2c(sc3nc(CCC(=O)N4CCN(c5cccc(Cl)c5)CC4)[nH]c(=O)c23)C1. The van der Waals surface area contributed by atoms with E-state index in [1.807, 2.05) is 29.2 Å². The zero-order valence-electron chi connectivity index (χ0n) is 20.7. The van der Waals surface area contributed by atoms with E-state index in [0.29, 0.717) is 37.7 Å². The van der Waals surface area contributed by atoms with Crippen molar-refractivity contribution in [1.82, 2.24) is 14.9 Å². The maximum Gasteiger partial charge on any atom is 0.259 e. The van der Waals surface area contributed by atoms with Gasteiger partial charge < -0.3 is 14.8 Å². The number of benzene rings is 1. The number of amides is 1. The number of aryl methyl sites for hydroxylation is 2. The molecule has 186 valence electrons. The number of H-pyrrole nitrogens is 1. The topological polar surface area (TPSA) is 69.3 Å². The Balaban J connectivity index is 1.22. The molecule has 8 heteroatoms. The van der Waals surface area contributed by atoms with Crippen LogP contribution >= 0.6 is 22.9 Å². The number of nitrogens with zero attached hydrogens (tertiary/aromatic N) is 3. The van der Waals surface area contributed by atoms with Gasteiger partial charge >= 0.3 is 0 Å². The Labute approximate surface area is 215 Å². The molecule has 6 nitrogen and oxygen atoms in total. The van der Waals surface area contributed by atoms with Crippen LogP contribution in [-0.2, 0) is 24.1 Å². The molecule has 0 radical (unpaired) electrons. The number of rotatable bonds is 4. The Morgan fingerprint density at radius 1 is 1.23 bits per heavy atom. The van der Waals surface area contributed by atoms with Crippen LogP contribution in [0.4, 0.5) is 5.69 Å². The highest BCUT2D eigenvalue weighted by molar-refractivity contribution is 7.18. The lowest BCUT2D eigenvalue weighted by Crippen LogP contribution is -2.48. The summed E-state index contributed by atoms with van der Waals surface area (Å²) in [6, 6.07) is 7.83. The van der Waals surface area contributed by atoms with Crippen molar-refractivity contribution >= 4 is 44.7 Å². The van der Waals surface area contributed by atoms with Crippen LogP contribution in [0.5, 0.6) is 0 Å². The second-order valence-electron chi connectivity index (χ2n) is 10.9. The van der Waals surface area contributed by atoms with Gasteiger partial charge in [0.05, 0.1) is 5.39 Å². The lowest BCUT2D eigenvalue weighted by atomic mass is 9.72. The number of carbonyl (C=O) groups excluding carboxylic acids is 1. The van der Waals surface area contributed by atoms with Crippen molar-refractivity contribution in [3.05, 3.63) is 55.9 Å². The quantitative estimate of drug-likeness (QED) is 0.530. The van der Waals surface area contributed by atoms with Crippen molar-refractivity contribution in [2.45, 2.75) is 52.9 Å². The molecule has 1 saturated heterocycles. The number of anilines is 1. The number of hydrogen-bond acceptors (Lipinski definition) is 5. The molecule has 3 aromatic rings. The van der Waals surface area contributed by atoms with Crippen LogP contribution in [0.3, 0.4) is 0 Å².